The molecule has 0 aliphatic carbocycles. The largest absolute Gasteiger partial charge is 0.481 e. The van der Waals surface area contributed by atoms with Crippen LogP contribution in [0.3, 0.4) is 0 Å². The minimum absolute atomic E-state index is 0.0611. The molecular formula is C20H28N7O13P2+. The normalized spacial score (nSPS) is 32.6. The summed E-state index contributed by atoms with van der Waals surface area (Å²) in [5.74, 6) is 0.0611. The van der Waals surface area contributed by atoms with Crippen molar-refractivity contribution in [1.29, 1.82) is 0 Å². The molecule has 0 radical (unpaired) electrons. The molecule has 0 amide bonds. The molecule has 0 saturated carbocycles. The number of anilines is 2. The highest BCUT2D eigenvalue weighted by molar-refractivity contribution is 7.61. The number of nitrogen functional groups attached to an aromatic ring is 2. The van der Waals surface area contributed by atoms with Gasteiger partial charge in [0.15, 0.2) is 36.2 Å². The predicted octanol–water partition coefficient (Wildman–Crippen LogP) is -2.53. The molecule has 0 bridgehead atoms. The summed E-state index contributed by atoms with van der Waals surface area (Å²) in [5, 5.41) is 41.5. The molecule has 2 aliphatic rings. The van der Waals surface area contributed by atoms with Gasteiger partial charge in [0.25, 0.3) is 6.23 Å². The molecule has 10 atom stereocenters. The van der Waals surface area contributed by atoms with Crippen LogP contribution in [0.1, 0.15) is 12.5 Å². The molecule has 0 aromatic carbocycles. The summed E-state index contributed by atoms with van der Waals surface area (Å²) in [6, 6.07) is 3.15. The molecule has 230 valence electrons. The topological polar surface area (TPSA) is 301 Å². The number of imidazole rings is 1. The number of nitrogens with zero attached hydrogens (tertiary/aromatic N) is 5. The van der Waals surface area contributed by atoms with Gasteiger partial charge in [0, 0.05) is 6.07 Å². The van der Waals surface area contributed by atoms with E-state index in [9.17, 15) is 39.3 Å². The van der Waals surface area contributed by atoms with Crippen molar-refractivity contribution in [1.82, 2.24) is 19.5 Å². The van der Waals surface area contributed by atoms with Crippen molar-refractivity contribution in [2.45, 2.75) is 49.1 Å². The molecule has 2 unspecified atom stereocenters. The average molecular weight is 636 g/mol. The third-order valence-electron chi connectivity index (χ3n) is 6.48. The van der Waals surface area contributed by atoms with Crippen LogP contribution in [0.4, 0.5) is 11.5 Å². The fraction of sp³-hybridized carbons (Fsp3) is 0.500. The highest BCUT2D eigenvalue weighted by atomic mass is 31.3. The average Bonchev–Trinajstić information content (AvgIpc) is 3.56. The number of phosphoric acid groups is 2. The minimum Gasteiger partial charge on any atom is -0.394 e. The molecular weight excluding hydrogens is 608 g/mol. The number of aliphatic hydroxyl groups is 4. The van der Waals surface area contributed by atoms with Crippen LogP contribution in [-0.2, 0) is 32.0 Å². The van der Waals surface area contributed by atoms with Gasteiger partial charge in [0.05, 0.1) is 25.2 Å². The van der Waals surface area contributed by atoms with Crippen LogP contribution in [0, 0.1) is 0 Å². The first-order valence-corrected chi connectivity index (χ1v) is 15.1. The van der Waals surface area contributed by atoms with E-state index in [-0.39, 0.29) is 17.0 Å². The van der Waals surface area contributed by atoms with Crippen LogP contribution in [0.15, 0.2) is 37.2 Å². The lowest BCUT2D eigenvalue weighted by Gasteiger charge is -2.20. The van der Waals surface area contributed by atoms with E-state index < -0.39 is 77.9 Å². The molecule has 42 heavy (non-hydrogen) atoms. The van der Waals surface area contributed by atoms with Gasteiger partial charge in [-0.05, 0) is 6.07 Å². The van der Waals surface area contributed by atoms with Gasteiger partial charge in [-0.25, -0.2) is 24.1 Å². The Labute approximate surface area is 235 Å². The molecule has 22 heteroatoms. The van der Waals surface area contributed by atoms with Gasteiger partial charge in [-0.15, -0.1) is 0 Å². The Morgan fingerprint density at radius 1 is 0.929 bits per heavy atom. The fourth-order valence-electron chi connectivity index (χ4n) is 4.45. The van der Waals surface area contributed by atoms with Crippen molar-refractivity contribution in [3.8, 4) is 0 Å². The molecule has 0 spiro atoms. The van der Waals surface area contributed by atoms with Crippen LogP contribution < -0.4 is 16.0 Å². The number of nitrogens with two attached hydrogens (primary N) is 2. The quantitative estimate of drug-likeness (QED) is 0.0840. The van der Waals surface area contributed by atoms with E-state index in [1.807, 2.05) is 0 Å². The summed E-state index contributed by atoms with van der Waals surface area (Å²) < 4.78 is 52.1. The number of phosphoric ester groups is 2. The molecule has 5 heterocycles. The maximum atomic E-state index is 12.4. The zero-order valence-corrected chi connectivity index (χ0v) is 23.1. The van der Waals surface area contributed by atoms with Gasteiger partial charge in [0.1, 0.15) is 42.4 Å². The van der Waals surface area contributed by atoms with Crippen LogP contribution >= 0.6 is 15.6 Å². The number of aliphatic hydroxyl groups excluding tert-OH is 4. The second-order valence-electron chi connectivity index (χ2n) is 9.37. The first-order valence-electron chi connectivity index (χ1n) is 12.1. The van der Waals surface area contributed by atoms with Crippen molar-refractivity contribution in [3.63, 3.8) is 0 Å². The Hall–Kier alpha value is -2.68. The van der Waals surface area contributed by atoms with Crippen molar-refractivity contribution in [2.75, 3.05) is 24.7 Å². The molecule has 20 nitrogen and oxygen atoms in total. The van der Waals surface area contributed by atoms with Crippen molar-refractivity contribution >= 4 is 38.3 Å². The van der Waals surface area contributed by atoms with E-state index in [0.717, 1.165) is 6.33 Å². The first kappa shape index (κ1) is 30.8. The second-order valence-corrected chi connectivity index (χ2v) is 12.4. The maximum Gasteiger partial charge on any atom is 0.481 e. The standard InChI is InChI=1S/C20H27N7O13P2/c21-9-2-1-3-26(4-9)19-15(30)13(28)10(38-19)5-36-41(32,33)40-42(34,35)37-6-11-14(29)16(31)20(39-11)27-8-25-12-17(22)23-7-24-18(12)27/h1-4,7-8,10-11,13-16,19-20,28-31H,5-6,21H2,(H3-,22,23,24,32,33,34,35)/p+1/t10-,11-,13-,14-,15-,16-,19-,20-/m1/s1. The van der Waals surface area contributed by atoms with Gasteiger partial charge < -0.3 is 51.2 Å². The summed E-state index contributed by atoms with van der Waals surface area (Å²) in [6.07, 6.45) is -6.06. The number of rotatable bonds is 10. The third kappa shape index (κ3) is 6.31. The van der Waals surface area contributed by atoms with Gasteiger partial charge in [0.2, 0.25) is 0 Å². The van der Waals surface area contributed by atoms with Crippen LogP contribution in [0.5, 0.6) is 0 Å². The van der Waals surface area contributed by atoms with E-state index in [4.69, 9.17) is 30.0 Å². The van der Waals surface area contributed by atoms with Gasteiger partial charge in [-0.1, -0.05) is 0 Å². The zero-order valence-electron chi connectivity index (χ0n) is 21.3. The Morgan fingerprint density at radius 3 is 2.24 bits per heavy atom. The van der Waals surface area contributed by atoms with E-state index in [1.165, 1.54) is 27.9 Å². The third-order valence-corrected chi connectivity index (χ3v) is 9.09. The second kappa shape index (κ2) is 11.8. The molecule has 10 N–H and O–H groups in total. The Balaban J connectivity index is 1.16. The number of aromatic nitrogens is 5. The summed E-state index contributed by atoms with van der Waals surface area (Å²) in [4.78, 5) is 31.8. The Kier molecular flexibility index (Phi) is 8.63. The van der Waals surface area contributed by atoms with Crippen molar-refractivity contribution < 1.29 is 66.7 Å². The molecule has 3 aromatic heterocycles. The van der Waals surface area contributed by atoms with E-state index >= 15 is 0 Å². The number of hydrogen-bond acceptors (Lipinski definition) is 16. The lowest BCUT2D eigenvalue weighted by Crippen LogP contribution is -2.45. The minimum atomic E-state index is -5.33. The number of hydrogen-bond donors (Lipinski definition) is 8. The summed E-state index contributed by atoms with van der Waals surface area (Å²) in [5.41, 5.74) is 12.2. The summed E-state index contributed by atoms with van der Waals surface area (Å²) in [7, 11) is -10.6. The van der Waals surface area contributed by atoms with E-state index in [2.05, 4.69) is 19.3 Å². The summed E-state index contributed by atoms with van der Waals surface area (Å²) in [6.45, 7) is -1.71. The molecule has 2 fully saturated rings. The van der Waals surface area contributed by atoms with Gasteiger partial charge in [-0.2, -0.15) is 8.88 Å². The lowest BCUT2D eigenvalue weighted by atomic mass is 10.1. The highest BCUT2D eigenvalue weighted by Gasteiger charge is 2.50. The lowest BCUT2D eigenvalue weighted by molar-refractivity contribution is -0.765. The Bertz CT molecular complexity index is 1530. The number of fused-ring (bicyclic) bond motifs is 1. The molecule has 2 aliphatic heterocycles. The Morgan fingerprint density at radius 2 is 1.57 bits per heavy atom. The van der Waals surface area contributed by atoms with Gasteiger partial charge in [-0.3, -0.25) is 13.6 Å². The number of pyridine rings is 1. The van der Waals surface area contributed by atoms with Crippen LogP contribution in [-0.4, -0.2) is 99.6 Å². The monoisotopic (exact) mass is 636 g/mol. The first-order chi connectivity index (χ1) is 19.8. The zero-order chi connectivity index (χ0) is 30.4. The van der Waals surface area contributed by atoms with Crippen LogP contribution in [0.25, 0.3) is 11.2 Å². The van der Waals surface area contributed by atoms with E-state index in [1.54, 1.807) is 12.1 Å². The predicted molar refractivity (Wildman–Crippen MR) is 135 cm³/mol. The smallest absolute Gasteiger partial charge is 0.394 e. The SMILES string of the molecule is Nc1ccc[n+]([C@@H]2O[C@H](COP(=O)(O)OP(=O)(O)OC[C@H]3O[C@@H](n4cnc5c(N)ncnc54)[C@H](O)[C@@H]3O)[C@@H](O)[C@H]2O)c1. The van der Waals surface area contributed by atoms with Crippen LogP contribution in [0.2, 0.25) is 0 Å². The molecule has 3 aromatic rings. The van der Waals surface area contributed by atoms with Crippen molar-refractivity contribution in [3.05, 3.63) is 37.2 Å². The summed E-state index contributed by atoms with van der Waals surface area (Å²) >= 11 is 0. The number of ether oxygens (including phenoxy) is 2. The highest BCUT2D eigenvalue weighted by Crippen LogP contribution is 2.60. The molecule has 2 saturated heterocycles. The van der Waals surface area contributed by atoms with Gasteiger partial charge >= 0.3 is 15.6 Å². The fourth-order valence-corrected chi connectivity index (χ4v) is 6.54. The van der Waals surface area contributed by atoms with Crippen molar-refractivity contribution in [2.24, 2.45) is 0 Å². The maximum absolute atomic E-state index is 12.4. The molecule has 5 rings (SSSR count). The van der Waals surface area contributed by atoms with E-state index in [0.29, 0.717) is 5.69 Å².